The van der Waals surface area contributed by atoms with Crippen LogP contribution < -0.4 is 0 Å². The van der Waals surface area contributed by atoms with Gasteiger partial charge in [-0.05, 0) is 83.5 Å². The molecule has 0 saturated carbocycles. The minimum atomic E-state index is -0.778. The molecule has 0 spiro atoms. The number of carbonyl (C=O) groups is 3. The van der Waals surface area contributed by atoms with Crippen molar-refractivity contribution in [2.45, 2.75) is 335 Å². The highest BCUT2D eigenvalue weighted by atomic mass is 16.6. The zero-order chi connectivity index (χ0) is 51.4. The normalized spacial score (nSPS) is 12.3. The fourth-order valence-electron chi connectivity index (χ4n) is 9.09. The second-order valence-corrected chi connectivity index (χ2v) is 21.0. The lowest BCUT2D eigenvalue weighted by Gasteiger charge is -2.18. The maximum atomic E-state index is 12.9. The SMILES string of the molecule is CCCCC/C=C\C/C=C\CCCCCCCCCCCC(=O)OC[C@H](COC(=O)CCCCCCCCCCCCCCCCCCC)OC(=O)CCCCCCCCC/C=C\C/C=C\CCCCC. The van der Waals surface area contributed by atoms with Gasteiger partial charge in [-0.15, -0.1) is 0 Å². The number of allylic oxidation sites excluding steroid dienone is 8. The Labute approximate surface area is 441 Å². The van der Waals surface area contributed by atoms with Crippen LogP contribution in [-0.2, 0) is 28.6 Å². The Morgan fingerprint density at radius 3 is 0.803 bits per heavy atom. The molecule has 0 aliphatic heterocycles. The maximum Gasteiger partial charge on any atom is 0.306 e. The summed E-state index contributed by atoms with van der Waals surface area (Å²) in [6.07, 6.45) is 73.9. The third-order valence-corrected chi connectivity index (χ3v) is 13.8. The lowest BCUT2D eigenvalue weighted by atomic mass is 10.0. The van der Waals surface area contributed by atoms with Crippen molar-refractivity contribution in [3.63, 3.8) is 0 Å². The van der Waals surface area contributed by atoms with E-state index < -0.39 is 6.10 Å². The van der Waals surface area contributed by atoms with Crippen molar-refractivity contribution in [1.29, 1.82) is 0 Å². The minimum Gasteiger partial charge on any atom is -0.462 e. The molecular formula is C65H118O6. The van der Waals surface area contributed by atoms with Gasteiger partial charge in [0.25, 0.3) is 0 Å². The first-order valence-electron chi connectivity index (χ1n) is 31.1. The highest BCUT2D eigenvalue weighted by molar-refractivity contribution is 5.71. The first-order valence-corrected chi connectivity index (χ1v) is 31.1. The third kappa shape index (κ3) is 58.1. The molecule has 0 rings (SSSR count). The standard InChI is InChI=1S/C65H118O6/c1-4-7-10-13-16-19-22-25-28-31-32-35-37-40-43-46-49-52-55-58-64(67)70-61-62(71-65(68)59-56-53-50-47-44-41-38-34-30-27-24-21-18-15-12-9-6-3)60-69-63(66)57-54-51-48-45-42-39-36-33-29-26-23-20-17-14-11-8-5-2/h16,18-19,21,25,27-28,30,62H,4-15,17,20,22-24,26,29,31-61H2,1-3H3/b19-16-,21-18-,28-25-,30-27-/t62-/m0/s1. The van der Waals surface area contributed by atoms with Gasteiger partial charge in [0.05, 0.1) is 0 Å². The topological polar surface area (TPSA) is 78.9 Å². The van der Waals surface area contributed by atoms with Crippen LogP contribution in [0, 0.1) is 0 Å². The molecule has 71 heavy (non-hydrogen) atoms. The van der Waals surface area contributed by atoms with E-state index in [1.807, 2.05) is 0 Å². The molecule has 0 fully saturated rings. The van der Waals surface area contributed by atoms with Crippen LogP contribution in [0.4, 0.5) is 0 Å². The highest BCUT2D eigenvalue weighted by Gasteiger charge is 2.19. The van der Waals surface area contributed by atoms with Gasteiger partial charge in [-0.1, -0.05) is 275 Å². The fourth-order valence-corrected chi connectivity index (χ4v) is 9.09. The van der Waals surface area contributed by atoms with E-state index in [0.717, 1.165) is 77.0 Å². The lowest BCUT2D eigenvalue weighted by Crippen LogP contribution is -2.30. The molecule has 0 amide bonds. The average molecular weight is 996 g/mol. The fraction of sp³-hybridized carbons (Fsp3) is 0.831. The molecule has 414 valence electrons. The van der Waals surface area contributed by atoms with Crippen molar-refractivity contribution < 1.29 is 28.6 Å². The summed E-state index contributed by atoms with van der Waals surface area (Å²) in [5.74, 6) is -0.866. The smallest absolute Gasteiger partial charge is 0.306 e. The van der Waals surface area contributed by atoms with E-state index in [0.29, 0.717) is 19.3 Å². The third-order valence-electron chi connectivity index (χ3n) is 13.8. The van der Waals surface area contributed by atoms with E-state index in [-0.39, 0.29) is 31.1 Å². The van der Waals surface area contributed by atoms with Gasteiger partial charge in [0, 0.05) is 19.3 Å². The summed E-state index contributed by atoms with van der Waals surface area (Å²) in [6, 6.07) is 0. The van der Waals surface area contributed by atoms with Crippen molar-refractivity contribution in [1.82, 2.24) is 0 Å². The van der Waals surface area contributed by atoms with E-state index in [1.54, 1.807) is 0 Å². The van der Waals surface area contributed by atoms with E-state index in [4.69, 9.17) is 14.2 Å². The van der Waals surface area contributed by atoms with Crippen LogP contribution in [0.15, 0.2) is 48.6 Å². The molecule has 0 bridgehead atoms. The molecule has 0 aromatic heterocycles. The molecule has 6 nitrogen and oxygen atoms in total. The molecule has 6 heteroatoms. The van der Waals surface area contributed by atoms with E-state index >= 15 is 0 Å². The van der Waals surface area contributed by atoms with Crippen molar-refractivity contribution in [3.8, 4) is 0 Å². The van der Waals surface area contributed by atoms with Gasteiger partial charge in [0.15, 0.2) is 6.10 Å². The molecule has 0 aliphatic rings. The Bertz CT molecular complexity index is 1230. The maximum absolute atomic E-state index is 12.9. The summed E-state index contributed by atoms with van der Waals surface area (Å²) in [7, 11) is 0. The van der Waals surface area contributed by atoms with Crippen molar-refractivity contribution >= 4 is 17.9 Å². The molecule has 0 aromatic rings. The van der Waals surface area contributed by atoms with Crippen molar-refractivity contribution in [2.24, 2.45) is 0 Å². The van der Waals surface area contributed by atoms with Gasteiger partial charge in [0.1, 0.15) is 13.2 Å². The molecule has 0 heterocycles. The molecular weight excluding hydrogens is 877 g/mol. The summed E-state index contributed by atoms with van der Waals surface area (Å²) in [6.45, 7) is 6.63. The first kappa shape index (κ1) is 68.4. The van der Waals surface area contributed by atoms with Gasteiger partial charge < -0.3 is 14.2 Å². The van der Waals surface area contributed by atoms with Crippen LogP contribution in [0.1, 0.15) is 329 Å². The summed E-state index contributed by atoms with van der Waals surface area (Å²) >= 11 is 0. The lowest BCUT2D eigenvalue weighted by molar-refractivity contribution is -0.167. The Kier molecular flexibility index (Phi) is 57.7. The van der Waals surface area contributed by atoms with Crippen LogP contribution in [0.25, 0.3) is 0 Å². The van der Waals surface area contributed by atoms with Gasteiger partial charge in [-0.2, -0.15) is 0 Å². The predicted octanol–water partition coefficient (Wildman–Crippen LogP) is 21.0. The van der Waals surface area contributed by atoms with Crippen molar-refractivity contribution in [2.75, 3.05) is 13.2 Å². The predicted molar refractivity (Wildman–Crippen MR) is 307 cm³/mol. The highest BCUT2D eigenvalue weighted by Crippen LogP contribution is 2.17. The zero-order valence-electron chi connectivity index (χ0n) is 47.5. The van der Waals surface area contributed by atoms with Gasteiger partial charge in [-0.3, -0.25) is 14.4 Å². The Hall–Kier alpha value is -2.63. The summed E-state index contributed by atoms with van der Waals surface area (Å²) < 4.78 is 16.9. The first-order chi connectivity index (χ1) is 35.0. The quantitative estimate of drug-likeness (QED) is 0.0261. The Morgan fingerprint density at radius 1 is 0.282 bits per heavy atom. The Balaban J connectivity index is 4.36. The number of hydrogen-bond acceptors (Lipinski definition) is 6. The van der Waals surface area contributed by atoms with Crippen molar-refractivity contribution in [3.05, 3.63) is 48.6 Å². The monoisotopic (exact) mass is 995 g/mol. The van der Waals surface area contributed by atoms with Crippen LogP contribution >= 0.6 is 0 Å². The molecule has 0 radical (unpaired) electrons. The molecule has 0 N–H and O–H groups in total. The zero-order valence-corrected chi connectivity index (χ0v) is 47.5. The van der Waals surface area contributed by atoms with Gasteiger partial charge >= 0.3 is 17.9 Å². The van der Waals surface area contributed by atoms with E-state index in [9.17, 15) is 14.4 Å². The van der Waals surface area contributed by atoms with Crippen LogP contribution in [0.3, 0.4) is 0 Å². The largest absolute Gasteiger partial charge is 0.462 e. The summed E-state index contributed by atoms with van der Waals surface area (Å²) in [4.78, 5) is 38.3. The van der Waals surface area contributed by atoms with Gasteiger partial charge in [-0.25, -0.2) is 0 Å². The molecule has 0 aliphatic carbocycles. The number of hydrogen-bond donors (Lipinski definition) is 0. The molecule has 0 saturated heterocycles. The molecule has 0 unspecified atom stereocenters. The van der Waals surface area contributed by atoms with E-state index in [2.05, 4.69) is 69.4 Å². The summed E-state index contributed by atoms with van der Waals surface area (Å²) in [5.41, 5.74) is 0. The van der Waals surface area contributed by atoms with Crippen LogP contribution in [0.2, 0.25) is 0 Å². The molecule has 0 aromatic carbocycles. The summed E-state index contributed by atoms with van der Waals surface area (Å²) in [5, 5.41) is 0. The van der Waals surface area contributed by atoms with Gasteiger partial charge in [0.2, 0.25) is 0 Å². The number of rotatable bonds is 57. The second kappa shape index (κ2) is 59.9. The number of ether oxygens (including phenoxy) is 3. The van der Waals surface area contributed by atoms with Crippen LogP contribution in [0.5, 0.6) is 0 Å². The average Bonchev–Trinajstić information content (AvgIpc) is 3.37. The number of unbranched alkanes of at least 4 members (excludes halogenated alkanes) is 38. The number of esters is 3. The number of carbonyl (C=O) groups excluding carboxylic acids is 3. The minimum absolute atomic E-state index is 0.0741. The van der Waals surface area contributed by atoms with Crippen LogP contribution in [-0.4, -0.2) is 37.2 Å². The Morgan fingerprint density at radius 2 is 0.507 bits per heavy atom. The molecule has 1 atom stereocenters. The second-order valence-electron chi connectivity index (χ2n) is 21.0. The van der Waals surface area contributed by atoms with E-state index in [1.165, 1.54) is 212 Å².